The third-order valence-corrected chi connectivity index (χ3v) is 8.17. The van der Waals surface area contributed by atoms with Gasteiger partial charge in [0.2, 0.25) is 0 Å². The first-order valence-electron chi connectivity index (χ1n) is 10.5. The van der Waals surface area contributed by atoms with Crippen LogP contribution in [-0.4, -0.2) is 31.1 Å². The van der Waals surface area contributed by atoms with E-state index in [4.69, 9.17) is 4.74 Å². The van der Waals surface area contributed by atoms with E-state index in [0.29, 0.717) is 29.9 Å². The Hall–Kier alpha value is -1.23. The summed E-state index contributed by atoms with van der Waals surface area (Å²) in [6.45, 7) is 6.35. The van der Waals surface area contributed by atoms with Gasteiger partial charge < -0.3 is 9.84 Å². The maximum Gasteiger partial charge on any atom is 0.152 e. The fraction of sp³-hybridized carbons (Fsp3) is 0.727. The minimum atomic E-state index is -2.93. The normalized spacial score (nSPS) is 20.7. The molecule has 1 saturated carbocycles. The summed E-state index contributed by atoms with van der Waals surface area (Å²) in [7, 11) is -2.93. The molecule has 0 unspecified atom stereocenters. The monoisotopic (exact) mass is 396 g/mol. The summed E-state index contributed by atoms with van der Waals surface area (Å²) in [6, 6.07) is 5.63. The minimum absolute atomic E-state index is 0.271. The lowest BCUT2D eigenvalue weighted by Gasteiger charge is -2.29. The van der Waals surface area contributed by atoms with Crippen molar-refractivity contribution in [2.45, 2.75) is 77.4 Å². The van der Waals surface area contributed by atoms with Gasteiger partial charge in [0.15, 0.2) is 9.84 Å². The van der Waals surface area contributed by atoms with Crippen molar-refractivity contribution in [1.29, 1.82) is 0 Å². The summed E-state index contributed by atoms with van der Waals surface area (Å²) in [4.78, 5) is 0. The molecule has 0 spiro atoms. The third-order valence-electron chi connectivity index (χ3n) is 5.80. The average Bonchev–Trinajstić information content (AvgIpc) is 2.62. The van der Waals surface area contributed by atoms with Crippen LogP contribution in [-0.2, 0) is 16.3 Å². The van der Waals surface area contributed by atoms with Crippen LogP contribution in [0.15, 0.2) is 18.2 Å². The number of benzene rings is 1. The molecular weight excluding hydrogens is 360 g/mol. The van der Waals surface area contributed by atoms with Crippen LogP contribution >= 0.6 is 0 Å². The Bertz CT molecular complexity index is 674. The van der Waals surface area contributed by atoms with Gasteiger partial charge in [-0.2, -0.15) is 0 Å². The van der Waals surface area contributed by atoms with Crippen molar-refractivity contribution < 1.29 is 18.3 Å². The third kappa shape index (κ3) is 7.02. The van der Waals surface area contributed by atoms with Crippen LogP contribution in [0.25, 0.3) is 0 Å². The molecule has 27 heavy (non-hydrogen) atoms. The summed E-state index contributed by atoms with van der Waals surface area (Å²) >= 11 is 0. The number of rotatable bonds is 10. The molecule has 1 N–H and O–H groups in total. The smallest absolute Gasteiger partial charge is 0.152 e. The van der Waals surface area contributed by atoms with Gasteiger partial charge in [0.1, 0.15) is 11.5 Å². The Morgan fingerprint density at radius 2 is 1.81 bits per heavy atom. The summed E-state index contributed by atoms with van der Waals surface area (Å²) < 4.78 is 29.8. The number of unbranched alkanes of at least 4 members (excludes halogenated alkanes) is 1. The number of aryl methyl sites for hydroxylation is 1. The van der Waals surface area contributed by atoms with E-state index < -0.39 is 9.84 Å². The second kappa shape index (κ2) is 10.4. The summed E-state index contributed by atoms with van der Waals surface area (Å²) in [5.41, 5.74) is 0.974. The van der Waals surface area contributed by atoms with Gasteiger partial charge in [-0.3, -0.25) is 0 Å². The molecule has 0 aromatic heterocycles. The van der Waals surface area contributed by atoms with Gasteiger partial charge in [-0.05, 0) is 69.4 Å². The SMILES string of the molecule is CCCCOc1ccc(CCC2CCC(CS(=O)(=O)C(C)C)CC2)c(O)c1. The number of sulfone groups is 1. The zero-order valence-electron chi connectivity index (χ0n) is 17.1. The van der Waals surface area contributed by atoms with Crippen molar-refractivity contribution in [3.8, 4) is 11.5 Å². The Morgan fingerprint density at radius 3 is 2.41 bits per heavy atom. The van der Waals surface area contributed by atoms with Crippen molar-refractivity contribution in [3.05, 3.63) is 23.8 Å². The van der Waals surface area contributed by atoms with Crippen molar-refractivity contribution in [2.75, 3.05) is 12.4 Å². The lowest BCUT2D eigenvalue weighted by atomic mass is 9.80. The molecular formula is C22H36O4S. The molecule has 1 aliphatic rings. The van der Waals surface area contributed by atoms with Crippen molar-refractivity contribution in [3.63, 3.8) is 0 Å². The molecule has 1 aromatic carbocycles. The van der Waals surface area contributed by atoms with E-state index in [1.807, 2.05) is 12.1 Å². The van der Waals surface area contributed by atoms with Crippen molar-refractivity contribution in [1.82, 2.24) is 0 Å². The average molecular weight is 397 g/mol. The number of hydrogen-bond donors (Lipinski definition) is 1. The summed E-state index contributed by atoms with van der Waals surface area (Å²) in [5, 5.41) is 9.98. The van der Waals surface area contributed by atoms with Crippen molar-refractivity contribution in [2.24, 2.45) is 11.8 Å². The second-order valence-corrected chi connectivity index (χ2v) is 10.9. The summed E-state index contributed by atoms with van der Waals surface area (Å²) in [5.74, 6) is 2.35. The van der Waals surface area contributed by atoms with Gasteiger partial charge in [0.05, 0.1) is 17.6 Å². The Morgan fingerprint density at radius 1 is 1.15 bits per heavy atom. The van der Waals surface area contributed by atoms with E-state index >= 15 is 0 Å². The second-order valence-electron chi connectivity index (χ2n) is 8.30. The highest BCUT2D eigenvalue weighted by atomic mass is 32.2. The van der Waals surface area contributed by atoms with Crippen LogP contribution in [0.4, 0.5) is 0 Å². The Labute approximate surface area is 165 Å². The lowest BCUT2D eigenvalue weighted by Crippen LogP contribution is -2.26. The van der Waals surface area contributed by atoms with E-state index in [9.17, 15) is 13.5 Å². The van der Waals surface area contributed by atoms with Crippen LogP contribution in [0.3, 0.4) is 0 Å². The maximum atomic E-state index is 12.1. The number of aromatic hydroxyl groups is 1. The van der Waals surface area contributed by atoms with E-state index in [0.717, 1.165) is 62.7 Å². The highest BCUT2D eigenvalue weighted by Gasteiger charge is 2.27. The molecule has 0 amide bonds. The van der Waals surface area contributed by atoms with Gasteiger partial charge in [-0.1, -0.05) is 32.3 Å². The van der Waals surface area contributed by atoms with E-state index in [1.165, 1.54) is 0 Å². The first kappa shape index (κ1) is 22.1. The molecule has 0 aliphatic heterocycles. The molecule has 0 heterocycles. The highest BCUT2D eigenvalue weighted by molar-refractivity contribution is 7.91. The van der Waals surface area contributed by atoms with Gasteiger partial charge in [-0.25, -0.2) is 8.42 Å². The molecule has 5 heteroatoms. The zero-order valence-corrected chi connectivity index (χ0v) is 17.9. The molecule has 154 valence electrons. The number of phenolic OH excluding ortho intramolecular Hbond substituents is 1. The summed E-state index contributed by atoms with van der Waals surface area (Å²) in [6.07, 6.45) is 8.22. The minimum Gasteiger partial charge on any atom is -0.508 e. The van der Waals surface area contributed by atoms with E-state index in [-0.39, 0.29) is 5.25 Å². The van der Waals surface area contributed by atoms with Crippen LogP contribution in [0.1, 0.15) is 71.3 Å². The predicted octanol–water partition coefficient (Wildman–Crippen LogP) is 5.13. The molecule has 1 fully saturated rings. The topological polar surface area (TPSA) is 63.6 Å². The molecule has 0 saturated heterocycles. The van der Waals surface area contributed by atoms with Crippen LogP contribution < -0.4 is 4.74 Å². The quantitative estimate of drug-likeness (QED) is 0.557. The van der Waals surface area contributed by atoms with Crippen LogP contribution in [0.2, 0.25) is 0 Å². The first-order chi connectivity index (χ1) is 12.8. The van der Waals surface area contributed by atoms with Crippen LogP contribution in [0.5, 0.6) is 11.5 Å². The molecule has 0 radical (unpaired) electrons. The van der Waals surface area contributed by atoms with Gasteiger partial charge >= 0.3 is 0 Å². The molecule has 4 nitrogen and oxygen atoms in total. The van der Waals surface area contributed by atoms with E-state index in [2.05, 4.69) is 6.92 Å². The molecule has 0 bridgehead atoms. The standard InChI is InChI=1S/C22H36O4S/c1-4-5-14-26-21-13-12-20(22(23)15-21)11-10-18-6-8-19(9-7-18)16-27(24,25)17(2)3/h12-13,15,17-19,23H,4-11,14,16H2,1-3H3. The zero-order chi connectivity index (χ0) is 19.9. The first-order valence-corrected chi connectivity index (χ1v) is 12.2. The Kier molecular flexibility index (Phi) is 8.46. The van der Waals surface area contributed by atoms with E-state index in [1.54, 1.807) is 19.9 Å². The number of ether oxygens (including phenoxy) is 1. The predicted molar refractivity (Wildman–Crippen MR) is 111 cm³/mol. The highest BCUT2D eigenvalue weighted by Crippen LogP contribution is 2.34. The molecule has 0 atom stereocenters. The van der Waals surface area contributed by atoms with Gasteiger partial charge in [0, 0.05) is 6.07 Å². The van der Waals surface area contributed by atoms with Crippen LogP contribution in [0, 0.1) is 11.8 Å². The Balaban J connectivity index is 1.76. The molecule has 1 aromatic rings. The fourth-order valence-corrected chi connectivity index (χ4v) is 5.12. The lowest BCUT2D eigenvalue weighted by molar-refractivity contribution is 0.277. The fourth-order valence-electron chi connectivity index (χ4n) is 3.75. The number of phenols is 1. The van der Waals surface area contributed by atoms with Gasteiger partial charge in [-0.15, -0.1) is 0 Å². The largest absolute Gasteiger partial charge is 0.508 e. The van der Waals surface area contributed by atoms with Crippen molar-refractivity contribution >= 4 is 9.84 Å². The molecule has 2 rings (SSSR count). The van der Waals surface area contributed by atoms with Gasteiger partial charge in [0.25, 0.3) is 0 Å². The molecule has 1 aliphatic carbocycles. The maximum absolute atomic E-state index is 12.1. The number of hydrogen-bond acceptors (Lipinski definition) is 4.